The second-order valence-corrected chi connectivity index (χ2v) is 5.72. The highest BCUT2D eigenvalue weighted by atomic mass is 32.1. The van der Waals surface area contributed by atoms with Gasteiger partial charge in [-0.1, -0.05) is 19.4 Å². The number of likely N-dealkylation sites (tertiary alicyclic amines) is 1. The number of piperidine rings is 1. The van der Waals surface area contributed by atoms with Crippen LogP contribution in [0.2, 0.25) is 0 Å². The molecule has 0 aromatic heterocycles. The minimum atomic E-state index is 0.150. The first-order valence-corrected chi connectivity index (χ1v) is 7.16. The molecule has 1 fully saturated rings. The predicted octanol–water partition coefficient (Wildman–Crippen LogP) is 3.63. The highest BCUT2D eigenvalue weighted by Crippen LogP contribution is 2.25. The molecule has 0 aliphatic carbocycles. The van der Waals surface area contributed by atoms with E-state index in [1.165, 1.54) is 6.42 Å². The average molecular weight is 263 g/mol. The minimum Gasteiger partial charge on any atom is -0.336 e. The summed E-state index contributed by atoms with van der Waals surface area (Å²) in [6.07, 6.45) is 3.52. The summed E-state index contributed by atoms with van der Waals surface area (Å²) in [4.78, 5) is 15.4. The number of rotatable bonds is 2. The molecule has 0 saturated carbocycles. The number of carbonyl (C=O) groups excluding carboxylic acids is 1. The Hall–Kier alpha value is -0.960. The van der Waals surface area contributed by atoms with Gasteiger partial charge in [-0.15, -0.1) is 12.6 Å². The van der Waals surface area contributed by atoms with Crippen LogP contribution >= 0.6 is 12.6 Å². The molecule has 18 heavy (non-hydrogen) atoms. The van der Waals surface area contributed by atoms with Gasteiger partial charge in [0, 0.05) is 23.0 Å². The Morgan fingerprint density at radius 3 is 2.89 bits per heavy atom. The number of benzene rings is 1. The molecule has 2 rings (SSSR count). The lowest BCUT2D eigenvalue weighted by molar-refractivity contribution is 0.0556. The molecule has 3 heteroatoms. The molecule has 1 heterocycles. The largest absolute Gasteiger partial charge is 0.336 e. The molecule has 1 amide bonds. The van der Waals surface area contributed by atoms with Gasteiger partial charge in [-0.3, -0.25) is 4.79 Å². The smallest absolute Gasteiger partial charge is 0.254 e. The van der Waals surface area contributed by atoms with Crippen LogP contribution in [0.4, 0.5) is 0 Å². The third-order valence-corrected chi connectivity index (χ3v) is 4.19. The zero-order valence-corrected chi connectivity index (χ0v) is 12.0. The van der Waals surface area contributed by atoms with E-state index in [1.54, 1.807) is 0 Å². The van der Waals surface area contributed by atoms with E-state index in [9.17, 15) is 4.79 Å². The van der Waals surface area contributed by atoms with Crippen molar-refractivity contribution in [1.29, 1.82) is 0 Å². The maximum Gasteiger partial charge on any atom is 0.254 e. The van der Waals surface area contributed by atoms with Crippen molar-refractivity contribution in [2.24, 2.45) is 5.92 Å². The van der Waals surface area contributed by atoms with Crippen molar-refractivity contribution in [1.82, 2.24) is 4.90 Å². The molecule has 2 unspecified atom stereocenters. The van der Waals surface area contributed by atoms with Crippen LogP contribution in [0.25, 0.3) is 0 Å². The lowest BCUT2D eigenvalue weighted by Crippen LogP contribution is -2.45. The lowest BCUT2D eigenvalue weighted by Gasteiger charge is -2.38. The normalized spacial score (nSPS) is 24.1. The molecule has 0 radical (unpaired) electrons. The molecule has 2 nitrogen and oxygen atoms in total. The summed E-state index contributed by atoms with van der Waals surface area (Å²) in [5, 5.41) is 0. The highest BCUT2D eigenvalue weighted by molar-refractivity contribution is 7.80. The Bertz CT molecular complexity index is 432. The molecule has 0 N–H and O–H groups in total. The molecular weight excluding hydrogens is 242 g/mol. The van der Waals surface area contributed by atoms with Crippen molar-refractivity contribution >= 4 is 18.5 Å². The highest BCUT2D eigenvalue weighted by Gasteiger charge is 2.28. The molecular formula is C15H21NOS. The Morgan fingerprint density at radius 2 is 2.22 bits per heavy atom. The Kier molecular flexibility index (Phi) is 4.33. The molecule has 0 spiro atoms. The molecule has 2 atom stereocenters. The van der Waals surface area contributed by atoms with Gasteiger partial charge in [0.2, 0.25) is 0 Å². The zero-order chi connectivity index (χ0) is 13.1. The first kappa shape index (κ1) is 13.5. The van der Waals surface area contributed by atoms with E-state index in [1.807, 2.05) is 29.2 Å². The fourth-order valence-corrected chi connectivity index (χ4v) is 2.83. The fraction of sp³-hybridized carbons (Fsp3) is 0.533. The lowest BCUT2D eigenvalue weighted by atomic mass is 9.91. The van der Waals surface area contributed by atoms with E-state index in [0.717, 1.165) is 29.8 Å². The molecule has 1 aromatic rings. The van der Waals surface area contributed by atoms with Crippen LogP contribution in [-0.4, -0.2) is 23.4 Å². The molecule has 98 valence electrons. The van der Waals surface area contributed by atoms with Gasteiger partial charge in [0.1, 0.15) is 0 Å². The standard InChI is InChI=1S/C15H21NOS/c1-3-12-8-7-11(2)16(10-12)15(17)13-5-4-6-14(18)9-13/h4-6,9,11-12,18H,3,7-8,10H2,1-2H3. The van der Waals surface area contributed by atoms with Crippen LogP contribution in [0.1, 0.15) is 43.5 Å². The summed E-state index contributed by atoms with van der Waals surface area (Å²) in [6, 6.07) is 7.87. The zero-order valence-electron chi connectivity index (χ0n) is 11.1. The number of thiol groups is 1. The SMILES string of the molecule is CCC1CCC(C)N(C(=O)c2cccc(S)c2)C1. The van der Waals surface area contributed by atoms with Crippen molar-refractivity contribution in [3.63, 3.8) is 0 Å². The molecule has 1 aromatic carbocycles. The van der Waals surface area contributed by atoms with Crippen LogP contribution in [0, 0.1) is 5.92 Å². The Morgan fingerprint density at radius 1 is 1.44 bits per heavy atom. The maximum atomic E-state index is 12.5. The van der Waals surface area contributed by atoms with E-state index in [2.05, 4.69) is 26.5 Å². The number of hydrogen-bond donors (Lipinski definition) is 1. The van der Waals surface area contributed by atoms with Crippen LogP contribution in [-0.2, 0) is 0 Å². The van der Waals surface area contributed by atoms with Crippen molar-refractivity contribution in [3.8, 4) is 0 Å². The maximum absolute atomic E-state index is 12.5. The van der Waals surface area contributed by atoms with E-state index < -0.39 is 0 Å². The predicted molar refractivity (Wildman–Crippen MR) is 77.2 cm³/mol. The van der Waals surface area contributed by atoms with Gasteiger partial charge in [-0.25, -0.2) is 0 Å². The van der Waals surface area contributed by atoms with Crippen molar-refractivity contribution in [2.75, 3.05) is 6.54 Å². The number of nitrogens with zero attached hydrogens (tertiary/aromatic N) is 1. The second-order valence-electron chi connectivity index (χ2n) is 5.21. The monoisotopic (exact) mass is 263 g/mol. The number of amides is 1. The van der Waals surface area contributed by atoms with E-state index >= 15 is 0 Å². The third kappa shape index (κ3) is 2.89. The molecule has 1 aliphatic rings. The topological polar surface area (TPSA) is 20.3 Å². The summed E-state index contributed by atoms with van der Waals surface area (Å²) in [5.74, 6) is 0.806. The first-order valence-electron chi connectivity index (χ1n) is 6.71. The number of hydrogen-bond acceptors (Lipinski definition) is 2. The van der Waals surface area contributed by atoms with Crippen LogP contribution in [0.3, 0.4) is 0 Å². The summed E-state index contributed by atoms with van der Waals surface area (Å²) in [6.45, 7) is 5.25. The first-order chi connectivity index (χ1) is 8.61. The molecule has 1 aliphatic heterocycles. The summed E-state index contributed by atoms with van der Waals surface area (Å²) >= 11 is 4.30. The Labute approximate surface area is 115 Å². The fourth-order valence-electron chi connectivity index (χ4n) is 2.60. The van der Waals surface area contributed by atoms with E-state index in [-0.39, 0.29) is 5.91 Å². The molecule has 1 saturated heterocycles. The minimum absolute atomic E-state index is 0.150. The number of carbonyl (C=O) groups is 1. The van der Waals surface area contributed by atoms with Gasteiger partial charge in [0.25, 0.3) is 5.91 Å². The van der Waals surface area contributed by atoms with Gasteiger partial charge in [0.15, 0.2) is 0 Å². The van der Waals surface area contributed by atoms with Crippen molar-refractivity contribution in [2.45, 2.75) is 44.0 Å². The van der Waals surface area contributed by atoms with Gasteiger partial charge in [0.05, 0.1) is 0 Å². The summed E-state index contributed by atoms with van der Waals surface area (Å²) in [7, 11) is 0. The van der Waals surface area contributed by atoms with Gasteiger partial charge in [-0.05, 0) is 43.9 Å². The van der Waals surface area contributed by atoms with Gasteiger partial charge in [-0.2, -0.15) is 0 Å². The van der Waals surface area contributed by atoms with Crippen molar-refractivity contribution < 1.29 is 4.79 Å². The summed E-state index contributed by atoms with van der Waals surface area (Å²) < 4.78 is 0. The molecule has 0 bridgehead atoms. The van der Waals surface area contributed by atoms with E-state index in [0.29, 0.717) is 12.0 Å². The second kappa shape index (κ2) is 5.79. The van der Waals surface area contributed by atoms with E-state index in [4.69, 9.17) is 0 Å². The van der Waals surface area contributed by atoms with Crippen LogP contribution < -0.4 is 0 Å². The third-order valence-electron chi connectivity index (χ3n) is 3.91. The van der Waals surface area contributed by atoms with Crippen LogP contribution in [0.5, 0.6) is 0 Å². The van der Waals surface area contributed by atoms with Crippen molar-refractivity contribution in [3.05, 3.63) is 29.8 Å². The quantitative estimate of drug-likeness (QED) is 0.808. The van der Waals surface area contributed by atoms with Gasteiger partial charge < -0.3 is 4.90 Å². The van der Waals surface area contributed by atoms with Gasteiger partial charge >= 0.3 is 0 Å². The van der Waals surface area contributed by atoms with Crippen LogP contribution in [0.15, 0.2) is 29.2 Å². The summed E-state index contributed by atoms with van der Waals surface area (Å²) in [5.41, 5.74) is 0.756. The average Bonchev–Trinajstić information content (AvgIpc) is 2.38. The Balaban J connectivity index is 2.16.